The summed E-state index contributed by atoms with van der Waals surface area (Å²) in [6, 6.07) is 0. The SMILES string of the molecule is CN1CCN(NCC2CCCCO2)CC1. The van der Waals surface area contributed by atoms with Crippen LogP contribution in [0, 0.1) is 0 Å². The van der Waals surface area contributed by atoms with Gasteiger partial charge in [0.05, 0.1) is 6.10 Å². The summed E-state index contributed by atoms with van der Waals surface area (Å²) < 4.78 is 5.69. The molecule has 0 spiro atoms. The number of hydrogen-bond donors (Lipinski definition) is 1. The monoisotopic (exact) mass is 213 g/mol. The van der Waals surface area contributed by atoms with Gasteiger partial charge in [-0.2, -0.15) is 0 Å². The molecule has 2 saturated heterocycles. The maximum absolute atomic E-state index is 5.69. The second-order valence-corrected chi connectivity index (χ2v) is 4.64. The number of hydrazine groups is 1. The van der Waals surface area contributed by atoms with E-state index in [1.54, 1.807) is 0 Å². The van der Waals surface area contributed by atoms with Crippen molar-refractivity contribution in [2.75, 3.05) is 46.4 Å². The van der Waals surface area contributed by atoms with Gasteiger partial charge >= 0.3 is 0 Å². The third kappa shape index (κ3) is 3.72. The summed E-state index contributed by atoms with van der Waals surface area (Å²) in [6.45, 7) is 6.53. The average molecular weight is 213 g/mol. The fraction of sp³-hybridized carbons (Fsp3) is 1.00. The summed E-state index contributed by atoms with van der Waals surface area (Å²) in [5.41, 5.74) is 3.49. The molecule has 15 heavy (non-hydrogen) atoms. The van der Waals surface area contributed by atoms with Crippen LogP contribution in [-0.4, -0.2) is 62.4 Å². The fourth-order valence-electron chi connectivity index (χ4n) is 2.16. The Morgan fingerprint density at radius 3 is 2.67 bits per heavy atom. The normalized spacial score (nSPS) is 30.6. The van der Waals surface area contributed by atoms with E-state index in [-0.39, 0.29) is 0 Å². The second kappa shape index (κ2) is 5.80. The van der Waals surface area contributed by atoms with Crippen LogP contribution in [0.25, 0.3) is 0 Å². The Morgan fingerprint density at radius 1 is 1.20 bits per heavy atom. The Labute approximate surface area is 92.5 Å². The van der Waals surface area contributed by atoms with Gasteiger partial charge in [0.25, 0.3) is 0 Å². The van der Waals surface area contributed by atoms with E-state index in [2.05, 4.69) is 22.4 Å². The van der Waals surface area contributed by atoms with Crippen LogP contribution in [-0.2, 0) is 4.74 Å². The average Bonchev–Trinajstić information content (AvgIpc) is 2.30. The van der Waals surface area contributed by atoms with Crippen LogP contribution in [0.1, 0.15) is 19.3 Å². The molecule has 0 aliphatic carbocycles. The summed E-state index contributed by atoms with van der Waals surface area (Å²) in [5.74, 6) is 0. The van der Waals surface area contributed by atoms with E-state index in [4.69, 9.17) is 4.74 Å². The van der Waals surface area contributed by atoms with Crippen molar-refractivity contribution in [3.63, 3.8) is 0 Å². The highest BCUT2D eigenvalue weighted by Crippen LogP contribution is 2.11. The lowest BCUT2D eigenvalue weighted by molar-refractivity contribution is -0.00252. The van der Waals surface area contributed by atoms with Gasteiger partial charge in [0.1, 0.15) is 0 Å². The van der Waals surface area contributed by atoms with Crippen LogP contribution in [0.3, 0.4) is 0 Å². The van der Waals surface area contributed by atoms with Gasteiger partial charge in [0.15, 0.2) is 0 Å². The second-order valence-electron chi connectivity index (χ2n) is 4.64. The topological polar surface area (TPSA) is 27.7 Å². The molecule has 0 bridgehead atoms. The van der Waals surface area contributed by atoms with Gasteiger partial charge in [0.2, 0.25) is 0 Å². The van der Waals surface area contributed by atoms with Gasteiger partial charge in [-0.3, -0.25) is 5.43 Å². The molecule has 4 nitrogen and oxygen atoms in total. The zero-order chi connectivity index (χ0) is 10.5. The van der Waals surface area contributed by atoms with Gasteiger partial charge in [-0.05, 0) is 26.3 Å². The molecule has 88 valence electrons. The third-order valence-corrected chi connectivity index (χ3v) is 3.32. The lowest BCUT2D eigenvalue weighted by atomic mass is 10.1. The Bertz CT molecular complexity index is 175. The molecule has 0 saturated carbocycles. The molecular formula is C11H23N3O. The maximum atomic E-state index is 5.69. The number of nitrogens with one attached hydrogen (secondary N) is 1. The summed E-state index contributed by atoms with van der Waals surface area (Å²) in [4.78, 5) is 2.37. The van der Waals surface area contributed by atoms with Crippen molar-refractivity contribution < 1.29 is 4.74 Å². The summed E-state index contributed by atoms with van der Waals surface area (Å²) >= 11 is 0. The first-order valence-electron chi connectivity index (χ1n) is 6.13. The van der Waals surface area contributed by atoms with Crippen molar-refractivity contribution in [1.29, 1.82) is 0 Å². The molecule has 2 rings (SSSR count). The van der Waals surface area contributed by atoms with Gasteiger partial charge < -0.3 is 9.64 Å². The molecule has 1 unspecified atom stereocenters. The lowest BCUT2D eigenvalue weighted by Crippen LogP contribution is -2.52. The first-order chi connectivity index (χ1) is 7.34. The minimum Gasteiger partial charge on any atom is -0.377 e. The highest BCUT2D eigenvalue weighted by Gasteiger charge is 2.17. The van der Waals surface area contributed by atoms with E-state index >= 15 is 0 Å². The quantitative estimate of drug-likeness (QED) is 0.730. The highest BCUT2D eigenvalue weighted by atomic mass is 16.5. The van der Waals surface area contributed by atoms with E-state index < -0.39 is 0 Å². The van der Waals surface area contributed by atoms with Crippen molar-refractivity contribution in [1.82, 2.24) is 15.3 Å². The van der Waals surface area contributed by atoms with Crippen LogP contribution in [0.2, 0.25) is 0 Å². The smallest absolute Gasteiger partial charge is 0.0713 e. The predicted molar refractivity (Wildman–Crippen MR) is 60.7 cm³/mol. The van der Waals surface area contributed by atoms with Gasteiger partial charge in [-0.15, -0.1) is 0 Å². The summed E-state index contributed by atoms with van der Waals surface area (Å²) in [7, 11) is 2.18. The van der Waals surface area contributed by atoms with Gasteiger partial charge in [-0.1, -0.05) is 0 Å². The Hall–Kier alpha value is -0.160. The number of rotatable bonds is 3. The molecule has 0 aromatic rings. The number of hydrogen-bond acceptors (Lipinski definition) is 4. The molecule has 1 atom stereocenters. The molecule has 0 radical (unpaired) electrons. The maximum Gasteiger partial charge on any atom is 0.0713 e. The highest BCUT2D eigenvalue weighted by molar-refractivity contribution is 4.69. The minimum absolute atomic E-state index is 0.443. The largest absolute Gasteiger partial charge is 0.377 e. The third-order valence-electron chi connectivity index (χ3n) is 3.32. The van der Waals surface area contributed by atoms with Crippen LogP contribution >= 0.6 is 0 Å². The fourth-order valence-corrected chi connectivity index (χ4v) is 2.16. The molecule has 0 amide bonds. The molecular weight excluding hydrogens is 190 g/mol. The Kier molecular flexibility index (Phi) is 4.38. The van der Waals surface area contributed by atoms with E-state index in [1.165, 1.54) is 32.4 Å². The number of ether oxygens (including phenoxy) is 1. The summed E-state index contributed by atoms with van der Waals surface area (Å²) in [5, 5.41) is 2.33. The Balaban J connectivity index is 1.60. The van der Waals surface area contributed by atoms with Crippen molar-refractivity contribution >= 4 is 0 Å². The van der Waals surface area contributed by atoms with Crippen molar-refractivity contribution in [3.05, 3.63) is 0 Å². The van der Waals surface area contributed by atoms with Gasteiger partial charge in [0, 0.05) is 39.3 Å². The first kappa shape index (κ1) is 11.3. The van der Waals surface area contributed by atoms with Crippen molar-refractivity contribution in [2.45, 2.75) is 25.4 Å². The molecule has 0 aromatic carbocycles. The van der Waals surface area contributed by atoms with Gasteiger partial charge in [-0.25, -0.2) is 5.01 Å². The lowest BCUT2D eigenvalue weighted by Gasteiger charge is -2.34. The Morgan fingerprint density at radius 2 is 2.00 bits per heavy atom. The van der Waals surface area contributed by atoms with Crippen LogP contribution < -0.4 is 5.43 Å². The van der Waals surface area contributed by atoms with Crippen molar-refractivity contribution in [2.24, 2.45) is 0 Å². The predicted octanol–water partition coefficient (Wildman–Crippen LogP) is 0.308. The molecule has 2 aliphatic rings. The number of piperazine rings is 1. The van der Waals surface area contributed by atoms with Crippen molar-refractivity contribution in [3.8, 4) is 0 Å². The summed E-state index contributed by atoms with van der Waals surface area (Å²) in [6.07, 6.45) is 4.24. The molecule has 2 fully saturated rings. The zero-order valence-corrected chi connectivity index (χ0v) is 9.74. The molecule has 1 N–H and O–H groups in total. The van der Waals surface area contributed by atoms with E-state index in [0.717, 1.165) is 26.2 Å². The molecule has 0 aromatic heterocycles. The van der Waals surface area contributed by atoms with E-state index in [0.29, 0.717) is 6.10 Å². The molecule has 2 heterocycles. The van der Waals surface area contributed by atoms with Crippen LogP contribution in [0.4, 0.5) is 0 Å². The number of likely N-dealkylation sites (N-methyl/N-ethyl adjacent to an activating group) is 1. The van der Waals surface area contributed by atoms with E-state index in [1.807, 2.05) is 0 Å². The van der Waals surface area contributed by atoms with Crippen LogP contribution in [0.5, 0.6) is 0 Å². The minimum atomic E-state index is 0.443. The molecule has 4 heteroatoms. The standard InChI is InChI=1S/C11H23N3O/c1-13-5-7-14(8-6-13)12-10-11-4-2-3-9-15-11/h11-12H,2-10H2,1H3. The first-order valence-corrected chi connectivity index (χ1v) is 6.13. The van der Waals surface area contributed by atoms with Crippen LogP contribution in [0.15, 0.2) is 0 Å². The molecule has 2 aliphatic heterocycles. The van der Waals surface area contributed by atoms with E-state index in [9.17, 15) is 0 Å². The zero-order valence-electron chi connectivity index (χ0n) is 9.74. The number of nitrogens with zero attached hydrogens (tertiary/aromatic N) is 2.